The van der Waals surface area contributed by atoms with Gasteiger partial charge in [0.05, 0.1) is 17.2 Å². The van der Waals surface area contributed by atoms with Gasteiger partial charge in [-0.1, -0.05) is 13.0 Å². The summed E-state index contributed by atoms with van der Waals surface area (Å²) in [6, 6.07) is 4.21. The average Bonchev–Trinajstić information content (AvgIpc) is 3.18. The highest BCUT2D eigenvalue weighted by molar-refractivity contribution is 7.11. The van der Waals surface area contributed by atoms with Gasteiger partial charge in [-0.25, -0.2) is 9.97 Å². The quantitative estimate of drug-likeness (QED) is 0.534. The zero-order chi connectivity index (χ0) is 20.6. The normalized spacial score (nSPS) is 20.0. The summed E-state index contributed by atoms with van der Waals surface area (Å²) < 4.78 is 5.80. The summed E-state index contributed by atoms with van der Waals surface area (Å²) in [4.78, 5) is 17.0. The molecule has 0 amide bonds. The minimum atomic E-state index is 0.231. The average molecular weight is 417 g/mol. The van der Waals surface area contributed by atoms with E-state index in [0.29, 0.717) is 6.54 Å². The van der Waals surface area contributed by atoms with E-state index in [2.05, 4.69) is 63.4 Å². The fraction of sp³-hybridized carbons (Fsp3) is 0.571. The van der Waals surface area contributed by atoms with Crippen molar-refractivity contribution in [3.05, 3.63) is 40.0 Å². The molecule has 0 spiro atoms. The number of thiazole rings is 1. The minimum Gasteiger partial charge on any atom is -0.372 e. The van der Waals surface area contributed by atoms with E-state index in [4.69, 9.17) is 4.74 Å². The molecule has 2 aromatic rings. The first kappa shape index (κ1) is 21.5. The van der Waals surface area contributed by atoms with Crippen LogP contribution < -0.4 is 15.5 Å². The van der Waals surface area contributed by atoms with Crippen molar-refractivity contribution in [2.45, 2.75) is 52.4 Å². The second kappa shape index (κ2) is 10.5. The van der Waals surface area contributed by atoms with Crippen molar-refractivity contribution in [1.29, 1.82) is 0 Å². The van der Waals surface area contributed by atoms with Gasteiger partial charge in [0.1, 0.15) is 5.82 Å². The van der Waals surface area contributed by atoms with Gasteiger partial charge in [-0.3, -0.25) is 4.99 Å². The fourth-order valence-electron chi connectivity index (χ4n) is 3.39. The van der Waals surface area contributed by atoms with Crippen LogP contribution in [-0.2, 0) is 24.1 Å². The number of hydrogen-bond acceptors (Lipinski definition) is 6. The Kier molecular flexibility index (Phi) is 7.83. The Morgan fingerprint density at radius 2 is 2.00 bits per heavy atom. The molecule has 2 atom stereocenters. The Balaban J connectivity index is 1.44. The minimum absolute atomic E-state index is 0.231. The Bertz CT molecular complexity index is 781. The van der Waals surface area contributed by atoms with Gasteiger partial charge in [0.2, 0.25) is 0 Å². The molecule has 0 aromatic carbocycles. The molecule has 1 aliphatic rings. The molecule has 2 unspecified atom stereocenters. The fourth-order valence-corrected chi connectivity index (χ4v) is 4.26. The van der Waals surface area contributed by atoms with Crippen LogP contribution in [0.25, 0.3) is 0 Å². The molecule has 3 rings (SSSR count). The van der Waals surface area contributed by atoms with Crippen LogP contribution in [0.4, 0.5) is 5.82 Å². The van der Waals surface area contributed by atoms with Crippen molar-refractivity contribution < 1.29 is 4.74 Å². The Morgan fingerprint density at radius 3 is 2.62 bits per heavy atom. The first-order valence-electron chi connectivity index (χ1n) is 10.3. The zero-order valence-corrected chi connectivity index (χ0v) is 18.6. The van der Waals surface area contributed by atoms with Gasteiger partial charge in [-0.2, -0.15) is 0 Å². The third-order valence-electron chi connectivity index (χ3n) is 4.82. The lowest BCUT2D eigenvalue weighted by molar-refractivity contribution is -0.00545. The molecule has 0 bridgehead atoms. The molecule has 158 valence electrons. The van der Waals surface area contributed by atoms with Crippen LogP contribution in [0, 0.1) is 0 Å². The van der Waals surface area contributed by atoms with Gasteiger partial charge in [0, 0.05) is 56.9 Å². The summed E-state index contributed by atoms with van der Waals surface area (Å²) in [6.45, 7) is 9.62. The van der Waals surface area contributed by atoms with Crippen molar-refractivity contribution in [3.63, 3.8) is 0 Å². The molecule has 8 heteroatoms. The number of nitrogens with zero attached hydrogens (tertiary/aromatic N) is 4. The van der Waals surface area contributed by atoms with E-state index >= 15 is 0 Å². The van der Waals surface area contributed by atoms with Crippen molar-refractivity contribution >= 4 is 23.1 Å². The Hall–Kier alpha value is -2.19. The van der Waals surface area contributed by atoms with Gasteiger partial charge in [0.15, 0.2) is 5.96 Å². The molecule has 29 heavy (non-hydrogen) atoms. The van der Waals surface area contributed by atoms with E-state index < -0.39 is 0 Å². The summed E-state index contributed by atoms with van der Waals surface area (Å²) in [6.07, 6.45) is 6.32. The second-order valence-corrected chi connectivity index (χ2v) is 8.56. The van der Waals surface area contributed by atoms with Gasteiger partial charge < -0.3 is 20.3 Å². The molecule has 0 radical (unpaired) electrons. The van der Waals surface area contributed by atoms with Crippen LogP contribution in [0.15, 0.2) is 29.5 Å². The van der Waals surface area contributed by atoms with Crippen LogP contribution in [0.1, 0.15) is 36.2 Å². The largest absolute Gasteiger partial charge is 0.372 e. The van der Waals surface area contributed by atoms with E-state index in [1.54, 1.807) is 18.4 Å². The second-order valence-electron chi connectivity index (χ2n) is 7.36. The molecule has 7 nitrogen and oxygen atoms in total. The highest BCUT2D eigenvalue weighted by Crippen LogP contribution is 2.18. The summed E-state index contributed by atoms with van der Waals surface area (Å²) in [5.74, 6) is 1.80. The van der Waals surface area contributed by atoms with E-state index in [1.165, 1.54) is 4.88 Å². The zero-order valence-electron chi connectivity index (χ0n) is 17.8. The molecule has 0 aliphatic carbocycles. The molecular formula is C21H32N6OS. The monoisotopic (exact) mass is 416 g/mol. The highest BCUT2D eigenvalue weighted by Gasteiger charge is 2.22. The summed E-state index contributed by atoms with van der Waals surface area (Å²) in [5.41, 5.74) is 1.12. The maximum atomic E-state index is 5.80. The molecule has 3 heterocycles. The Labute approximate surface area is 177 Å². The highest BCUT2D eigenvalue weighted by atomic mass is 32.1. The summed E-state index contributed by atoms with van der Waals surface area (Å²) >= 11 is 1.78. The van der Waals surface area contributed by atoms with Crippen molar-refractivity contribution in [1.82, 2.24) is 20.6 Å². The number of ether oxygens (including phenoxy) is 1. The molecule has 1 aliphatic heterocycles. The lowest BCUT2D eigenvalue weighted by Crippen LogP contribution is -2.45. The van der Waals surface area contributed by atoms with Crippen LogP contribution >= 0.6 is 11.3 Å². The third kappa shape index (κ3) is 6.40. The molecule has 1 saturated heterocycles. The molecule has 1 fully saturated rings. The molecule has 2 N–H and O–H groups in total. The van der Waals surface area contributed by atoms with Crippen molar-refractivity contribution in [2.24, 2.45) is 4.99 Å². The SMILES string of the molecule is CCc1cnc(CCNC(=NC)NCc2ccc(N3CC(C)OC(C)C3)nc2)s1. The lowest BCUT2D eigenvalue weighted by atomic mass is 10.2. The van der Waals surface area contributed by atoms with Crippen LogP contribution in [-0.4, -0.2) is 54.8 Å². The molecule has 0 saturated carbocycles. The maximum absolute atomic E-state index is 5.80. The van der Waals surface area contributed by atoms with E-state index in [0.717, 1.165) is 54.8 Å². The first-order valence-corrected chi connectivity index (χ1v) is 11.1. The smallest absolute Gasteiger partial charge is 0.191 e. The predicted octanol–water partition coefficient (Wildman–Crippen LogP) is 2.62. The van der Waals surface area contributed by atoms with Crippen LogP contribution in [0.2, 0.25) is 0 Å². The van der Waals surface area contributed by atoms with Gasteiger partial charge >= 0.3 is 0 Å². The van der Waals surface area contributed by atoms with E-state index in [1.807, 2.05) is 12.4 Å². The first-order chi connectivity index (χ1) is 14.1. The summed E-state index contributed by atoms with van der Waals surface area (Å²) in [7, 11) is 1.79. The standard InChI is InChI=1S/C21H32N6OS/c1-5-18-12-25-20(29-18)8-9-23-21(22-4)26-11-17-6-7-19(24-10-17)27-13-15(2)28-16(3)14-27/h6-7,10,12,15-16H,5,8-9,11,13-14H2,1-4H3,(H2,22,23,26). The number of morpholine rings is 1. The predicted molar refractivity (Wildman–Crippen MR) is 120 cm³/mol. The maximum Gasteiger partial charge on any atom is 0.191 e. The number of aliphatic imine (C=N–C) groups is 1. The number of aryl methyl sites for hydroxylation is 1. The Morgan fingerprint density at radius 1 is 1.21 bits per heavy atom. The summed E-state index contributed by atoms with van der Waals surface area (Å²) in [5, 5.41) is 7.86. The van der Waals surface area contributed by atoms with Crippen molar-refractivity contribution in [2.75, 3.05) is 31.6 Å². The van der Waals surface area contributed by atoms with Crippen LogP contribution in [0.3, 0.4) is 0 Å². The number of anilines is 1. The number of nitrogens with one attached hydrogen (secondary N) is 2. The number of rotatable bonds is 7. The lowest BCUT2D eigenvalue weighted by Gasteiger charge is -2.36. The number of pyridine rings is 1. The number of aromatic nitrogens is 2. The molecule has 2 aromatic heterocycles. The number of guanidine groups is 1. The third-order valence-corrected chi connectivity index (χ3v) is 6.02. The van der Waals surface area contributed by atoms with Crippen molar-refractivity contribution in [3.8, 4) is 0 Å². The van der Waals surface area contributed by atoms with Crippen LogP contribution in [0.5, 0.6) is 0 Å². The van der Waals surface area contributed by atoms with Gasteiger partial charge in [-0.05, 0) is 31.9 Å². The van der Waals surface area contributed by atoms with Gasteiger partial charge in [0.25, 0.3) is 0 Å². The van der Waals surface area contributed by atoms with E-state index in [-0.39, 0.29) is 12.2 Å². The van der Waals surface area contributed by atoms with E-state index in [9.17, 15) is 0 Å². The topological polar surface area (TPSA) is 74.7 Å². The van der Waals surface area contributed by atoms with Gasteiger partial charge in [-0.15, -0.1) is 11.3 Å². The molecular weight excluding hydrogens is 384 g/mol. The number of hydrogen-bond donors (Lipinski definition) is 2.